The van der Waals surface area contributed by atoms with Crippen molar-refractivity contribution in [1.29, 1.82) is 5.26 Å². The first-order valence-corrected chi connectivity index (χ1v) is 9.02. The van der Waals surface area contributed by atoms with E-state index in [1.807, 2.05) is 37.3 Å². The van der Waals surface area contributed by atoms with Gasteiger partial charge in [-0.1, -0.05) is 48.0 Å². The summed E-state index contributed by atoms with van der Waals surface area (Å²) >= 11 is 0. The van der Waals surface area contributed by atoms with Crippen LogP contribution >= 0.6 is 0 Å². The third-order valence-corrected chi connectivity index (χ3v) is 5.13. The smallest absolute Gasteiger partial charge is 0.211 e. The van der Waals surface area contributed by atoms with Crippen molar-refractivity contribution >= 4 is 10.0 Å². The molecular formula is C18H20N2O2S. The number of rotatable bonds is 7. The van der Waals surface area contributed by atoms with Crippen LogP contribution in [0.2, 0.25) is 0 Å². The molecule has 0 aromatic heterocycles. The lowest BCUT2D eigenvalue weighted by atomic mass is 9.96. The van der Waals surface area contributed by atoms with Crippen molar-refractivity contribution < 1.29 is 8.42 Å². The lowest BCUT2D eigenvalue weighted by Gasteiger charge is -2.10. The second kappa shape index (κ2) is 7.91. The Kier molecular flexibility index (Phi) is 5.91. The van der Waals surface area contributed by atoms with E-state index in [9.17, 15) is 13.7 Å². The van der Waals surface area contributed by atoms with E-state index in [1.54, 1.807) is 24.3 Å². The molecule has 0 heterocycles. The molecule has 0 radical (unpaired) electrons. The number of hydrogen-bond donors (Lipinski definition) is 1. The molecule has 120 valence electrons. The first-order chi connectivity index (χ1) is 11.0. The van der Waals surface area contributed by atoms with Crippen LogP contribution in [0.5, 0.6) is 0 Å². The number of sulfonamides is 1. The first kappa shape index (κ1) is 17.2. The summed E-state index contributed by atoms with van der Waals surface area (Å²) in [6.07, 6.45) is 1.23. The molecule has 0 saturated heterocycles. The van der Waals surface area contributed by atoms with Crippen molar-refractivity contribution in [3.8, 4) is 6.07 Å². The van der Waals surface area contributed by atoms with Crippen molar-refractivity contribution in [1.82, 2.24) is 4.72 Å². The molecule has 0 spiro atoms. The van der Waals surface area contributed by atoms with Crippen LogP contribution in [0.25, 0.3) is 0 Å². The summed E-state index contributed by atoms with van der Waals surface area (Å²) in [6.45, 7) is 2.23. The Labute approximate surface area is 137 Å². The fourth-order valence-corrected chi connectivity index (χ4v) is 3.38. The third kappa shape index (κ3) is 4.92. The van der Waals surface area contributed by atoms with Gasteiger partial charge >= 0.3 is 0 Å². The number of nitriles is 1. The minimum Gasteiger partial charge on any atom is -0.211 e. The van der Waals surface area contributed by atoms with Gasteiger partial charge in [-0.05, 0) is 37.5 Å². The Hall–Kier alpha value is -2.16. The van der Waals surface area contributed by atoms with Crippen molar-refractivity contribution in [2.24, 2.45) is 0 Å². The molecule has 23 heavy (non-hydrogen) atoms. The van der Waals surface area contributed by atoms with Crippen molar-refractivity contribution in [3.05, 3.63) is 65.7 Å². The zero-order chi connectivity index (χ0) is 16.7. The molecule has 4 nitrogen and oxygen atoms in total. The van der Waals surface area contributed by atoms with Gasteiger partial charge in [-0.25, -0.2) is 13.1 Å². The van der Waals surface area contributed by atoms with Gasteiger partial charge in [-0.3, -0.25) is 0 Å². The molecule has 0 aliphatic carbocycles. The molecule has 0 amide bonds. The SMILES string of the molecule is Cc1ccc(S(=O)(=O)NCCC[C@@H](C#N)c2ccccc2)cc1. The van der Waals surface area contributed by atoms with Gasteiger partial charge < -0.3 is 0 Å². The predicted molar refractivity (Wildman–Crippen MR) is 90.4 cm³/mol. The van der Waals surface area contributed by atoms with Crippen LogP contribution in [0, 0.1) is 18.3 Å². The molecular weight excluding hydrogens is 308 g/mol. The molecule has 2 aromatic rings. The van der Waals surface area contributed by atoms with E-state index in [4.69, 9.17) is 0 Å². The maximum atomic E-state index is 12.2. The van der Waals surface area contributed by atoms with Gasteiger partial charge in [0.15, 0.2) is 0 Å². The van der Waals surface area contributed by atoms with E-state index in [0.717, 1.165) is 11.1 Å². The normalized spacial score (nSPS) is 12.5. The Balaban J connectivity index is 1.87. The number of benzene rings is 2. The number of nitrogens with one attached hydrogen (secondary N) is 1. The third-order valence-electron chi connectivity index (χ3n) is 3.65. The summed E-state index contributed by atoms with van der Waals surface area (Å²) < 4.78 is 26.9. The van der Waals surface area contributed by atoms with Crippen LogP contribution in [0.1, 0.15) is 29.9 Å². The average molecular weight is 328 g/mol. The zero-order valence-electron chi connectivity index (χ0n) is 13.1. The van der Waals surface area contributed by atoms with Gasteiger partial charge in [0.1, 0.15) is 0 Å². The van der Waals surface area contributed by atoms with Crippen LogP contribution in [0.3, 0.4) is 0 Å². The molecule has 2 aromatic carbocycles. The topological polar surface area (TPSA) is 70.0 Å². The molecule has 5 heteroatoms. The van der Waals surface area contributed by atoms with Crippen molar-refractivity contribution in [3.63, 3.8) is 0 Å². The molecule has 1 N–H and O–H groups in total. The van der Waals surface area contributed by atoms with Crippen LogP contribution in [0.4, 0.5) is 0 Å². The Morgan fingerprint density at radius 2 is 1.74 bits per heavy atom. The fraction of sp³-hybridized carbons (Fsp3) is 0.278. The second-order valence-corrected chi connectivity index (χ2v) is 7.21. The molecule has 0 bridgehead atoms. The number of aryl methyl sites for hydroxylation is 1. The van der Waals surface area contributed by atoms with Crippen molar-refractivity contribution in [2.45, 2.75) is 30.6 Å². The first-order valence-electron chi connectivity index (χ1n) is 7.54. The van der Waals surface area contributed by atoms with E-state index in [-0.39, 0.29) is 10.8 Å². The maximum absolute atomic E-state index is 12.2. The summed E-state index contributed by atoms with van der Waals surface area (Å²) in [7, 11) is -3.48. The highest BCUT2D eigenvalue weighted by atomic mass is 32.2. The van der Waals surface area contributed by atoms with Crippen LogP contribution in [-0.4, -0.2) is 15.0 Å². The standard InChI is InChI=1S/C18H20N2O2S/c1-15-9-11-18(12-10-15)23(21,22)20-13-5-8-17(14-19)16-6-3-2-4-7-16/h2-4,6-7,9-12,17,20H,5,8,13H2,1H3/t17-/m0/s1. The average Bonchev–Trinajstić information content (AvgIpc) is 2.56. The maximum Gasteiger partial charge on any atom is 0.240 e. The van der Waals surface area contributed by atoms with E-state index in [0.29, 0.717) is 19.4 Å². The lowest BCUT2D eigenvalue weighted by molar-refractivity contribution is 0.574. The van der Waals surface area contributed by atoms with Gasteiger partial charge in [-0.15, -0.1) is 0 Å². The summed E-state index contributed by atoms with van der Waals surface area (Å²) in [5.74, 6) is -0.208. The highest BCUT2D eigenvalue weighted by Crippen LogP contribution is 2.20. The fourth-order valence-electron chi connectivity index (χ4n) is 2.30. The highest BCUT2D eigenvalue weighted by molar-refractivity contribution is 7.89. The van der Waals surface area contributed by atoms with Gasteiger partial charge in [0.05, 0.1) is 16.9 Å². The monoisotopic (exact) mass is 328 g/mol. The molecule has 0 unspecified atom stereocenters. The Bertz CT molecular complexity index is 763. The molecule has 0 saturated carbocycles. The summed E-state index contributed by atoms with van der Waals surface area (Å²) in [5, 5.41) is 9.25. The van der Waals surface area contributed by atoms with Crippen LogP contribution in [0.15, 0.2) is 59.5 Å². The molecule has 2 rings (SSSR count). The van der Waals surface area contributed by atoms with E-state index < -0.39 is 10.0 Å². The molecule has 0 aliphatic rings. The van der Waals surface area contributed by atoms with Crippen LogP contribution < -0.4 is 4.72 Å². The lowest BCUT2D eigenvalue weighted by Crippen LogP contribution is -2.25. The summed E-state index contributed by atoms with van der Waals surface area (Å²) in [4.78, 5) is 0.267. The van der Waals surface area contributed by atoms with Gasteiger partial charge in [0.2, 0.25) is 10.0 Å². The zero-order valence-corrected chi connectivity index (χ0v) is 13.9. The van der Waals surface area contributed by atoms with E-state index >= 15 is 0 Å². The summed E-state index contributed by atoms with van der Waals surface area (Å²) in [5.41, 5.74) is 1.99. The second-order valence-electron chi connectivity index (χ2n) is 5.45. The molecule has 0 aliphatic heterocycles. The van der Waals surface area contributed by atoms with E-state index in [2.05, 4.69) is 10.8 Å². The number of nitrogens with zero attached hydrogens (tertiary/aromatic N) is 1. The quantitative estimate of drug-likeness (QED) is 0.792. The van der Waals surface area contributed by atoms with Gasteiger partial charge in [0, 0.05) is 6.54 Å². The molecule has 1 atom stereocenters. The number of hydrogen-bond acceptors (Lipinski definition) is 3. The van der Waals surface area contributed by atoms with Crippen molar-refractivity contribution in [2.75, 3.05) is 6.54 Å². The minimum absolute atomic E-state index is 0.208. The van der Waals surface area contributed by atoms with Crippen LogP contribution in [-0.2, 0) is 10.0 Å². The predicted octanol–water partition coefficient (Wildman–Crippen LogP) is 3.36. The minimum atomic E-state index is -3.48. The largest absolute Gasteiger partial charge is 0.240 e. The Morgan fingerprint density at radius 1 is 1.09 bits per heavy atom. The van der Waals surface area contributed by atoms with Gasteiger partial charge in [0.25, 0.3) is 0 Å². The van der Waals surface area contributed by atoms with E-state index in [1.165, 1.54) is 0 Å². The highest BCUT2D eigenvalue weighted by Gasteiger charge is 2.14. The van der Waals surface area contributed by atoms with Gasteiger partial charge in [-0.2, -0.15) is 5.26 Å². The molecule has 0 fully saturated rings. The summed E-state index contributed by atoms with van der Waals surface area (Å²) in [6, 6.07) is 18.6. The Morgan fingerprint density at radius 3 is 2.35 bits per heavy atom.